The van der Waals surface area contributed by atoms with Crippen LogP contribution in [0, 0.1) is 5.92 Å². The fraction of sp³-hybridized carbons (Fsp3) is 0.474. The van der Waals surface area contributed by atoms with Gasteiger partial charge in [-0.2, -0.15) is 0 Å². The van der Waals surface area contributed by atoms with E-state index in [0.717, 1.165) is 38.2 Å². The molecule has 0 saturated carbocycles. The zero-order valence-electron chi connectivity index (χ0n) is 13.9. The third kappa shape index (κ3) is 4.15. The summed E-state index contributed by atoms with van der Waals surface area (Å²) in [6, 6.07) is 10.4. The van der Waals surface area contributed by atoms with Crippen molar-refractivity contribution in [3.63, 3.8) is 0 Å². The van der Waals surface area contributed by atoms with E-state index in [-0.39, 0.29) is 0 Å². The van der Waals surface area contributed by atoms with Gasteiger partial charge in [-0.05, 0) is 36.6 Å². The minimum atomic E-state index is 0.331. The molecule has 1 fully saturated rings. The van der Waals surface area contributed by atoms with E-state index >= 15 is 0 Å². The summed E-state index contributed by atoms with van der Waals surface area (Å²) in [5.74, 6) is 1.41. The van der Waals surface area contributed by atoms with E-state index < -0.39 is 0 Å². The van der Waals surface area contributed by atoms with Gasteiger partial charge in [0.1, 0.15) is 5.75 Å². The van der Waals surface area contributed by atoms with Crippen molar-refractivity contribution in [2.75, 3.05) is 27.3 Å². The molecular formula is C19H25NO3. The molecule has 0 bridgehead atoms. The van der Waals surface area contributed by atoms with Crippen molar-refractivity contribution in [2.45, 2.75) is 25.5 Å². The summed E-state index contributed by atoms with van der Waals surface area (Å²) in [4.78, 5) is 2.49. The lowest BCUT2D eigenvalue weighted by molar-refractivity contribution is -0.00852. The molecule has 23 heavy (non-hydrogen) atoms. The van der Waals surface area contributed by atoms with Crippen molar-refractivity contribution in [1.29, 1.82) is 0 Å². The molecule has 2 heterocycles. The second-order valence-corrected chi connectivity index (χ2v) is 6.24. The lowest BCUT2D eigenvalue weighted by Gasteiger charge is -2.38. The number of rotatable bonds is 6. The van der Waals surface area contributed by atoms with E-state index in [1.54, 1.807) is 13.4 Å². The number of hydrogen-bond donors (Lipinski definition) is 0. The van der Waals surface area contributed by atoms with Crippen molar-refractivity contribution in [1.82, 2.24) is 4.90 Å². The molecule has 0 radical (unpaired) electrons. The van der Waals surface area contributed by atoms with Crippen molar-refractivity contribution < 1.29 is 13.9 Å². The average molecular weight is 315 g/mol. The Hall–Kier alpha value is -1.78. The number of ether oxygens (including phenoxy) is 2. The van der Waals surface area contributed by atoms with Crippen LogP contribution in [0.3, 0.4) is 0 Å². The van der Waals surface area contributed by atoms with Crippen LogP contribution in [0.5, 0.6) is 5.75 Å². The molecule has 3 rings (SSSR count). The average Bonchev–Trinajstić information content (AvgIpc) is 3.09. The highest BCUT2D eigenvalue weighted by Gasteiger charge is 2.29. The topological polar surface area (TPSA) is 34.8 Å². The number of piperidine rings is 1. The molecule has 1 aromatic heterocycles. The minimum absolute atomic E-state index is 0.331. The van der Waals surface area contributed by atoms with Gasteiger partial charge in [0.05, 0.1) is 25.7 Å². The number of likely N-dealkylation sites (tertiary alicyclic amines) is 1. The van der Waals surface area contributed by atoms with Crippen LogP contribution in [0.2, 0.25) is 0 Å². The lowest BCUT2D eigenvalue weighted by atomic mass is 9.88. The first-order valence-electron chi connectivity index (χ1n) is 8.17. The SMILES string of the molecule is COc1ccc(C[C@H]2CN(Cc3ccoc3)CC[C@H]2OC)cc1. The predicted octanol–water partition coefficient (Wildman–Crippen LogP) is 3.37. The van der Waals surface area contributed by atoms with E-state index in [0.29, 0.717) is 12.0 Å². The number of hydrogen-bond acceptors (Lipinski definition) is 4. The summed E-state index contributed by atoms with van der Waals surface area (Å²) >= 11 is 0. The Kier molecular flexibility index (Phi) is 5.36. The quantitative estimate of drug-likeness (QED) is 0.818. The standard InChI is InChI=1S/C19H25NO3/c1-21-18-5-3-15(4-6-18)11-17-13-20(9-7-19(17)22-2)12-16-8-10-23-14-16/h3-6,8,10,14,17,19H,7,9,11-13H2,1-2H3/t17-,19+/m0/s1. The van der Waals surface area contributed by atoms with Crippen LogP contribution in [0.1, 0.15) is 17.5 Å². The fourth-order valence-corrected chi connectivity index (χ4v) is 3.44. The van der Waals surface area contributed by atoms with E-state index in [9.17, 15) is 0 Å². The molecule has 1 aromatic carbocycles. The molecule has 0 amide bonds. The molecule has 0 spiro atoms. The Morgan fingerprint density at radius 3 is 2.61 bits per heavy atom. The summed E-state index contributed by atoms with van der Waals surface area (Å²) < 4.78 is 16.1. The van der Waals surface area contributed by atoms with Crippen LogP contribution in [0.25, 0.3) is 0 Å². The molecule has 1 saturated heterocycles. The molecule has 2 atom stereocenters. The van der Waals surface area contributed by atoms with E-state index in [2.05, 4.69) is 17.0 Å². The zero-order chi connectivity index (χ0) is 16.1. The molecule has 124 valence electrons. The smallest absolute Gasteiger partial charge is 0.118 e. The van der Waals surface area contributed by atoms with Crippen LogP contribution in [0.15, 0.2) is 47.3 Å². The normalized spacial score (nSPS) is 22.2. The lowest BCUT2D eigenvalue weighted by Crippen LogP contribution is -2.44. The summed E-state index contributed by atoms with van der Waals surface area (Å²) in [5, 5.41) is 0. The van der Waals surface area contributed by atoms with Gasteiger partial charge in [0.25, 0.3) is 0 Å². The van der Waals surface area contributed by atoms with E-state index in [4.69, 9.17) is 13.9 Å². The van der Waals surface area contributed by atoms with Gasteiger partial charge < -0.3 is 13.9 Å². The molecular weight excluding hydrogens is 290 g/mol. The molecule has 1 aliphatic heterocycles. The Morgan fingerprint density at radius 1 is 1.13 bits per heavy atom. The first kappa shape index (κ1) is 16.1. The van der Waals surface area contributed by atoms with Gasteiger partial charge in [-0.15, -0.1) is 0 Å². The Labute approximate surface area is 138 Å². The summed E-state index contributed by atoms with van der Waals surface area (Å²) in [6.45, 7) is 3.07. The second-order valence-electron chi connectivity index (χ2n) is 6.24. The maximum Gasteiger partial charge on any atom is 0.118 e. The molecule has 0 unspecified atom stereocenters. The van der Waals surface area contributed by atoms with Crippen LogP contribution in [0.4, 0.5) is 0 Å². The van der Waals surface area contributed by atoms with Gasteiger partial charge in [-0.3, -0.25) is 4.90 Å². The molecule has 4 nitrogen and oxygen atoms in total. The fourth-order valence-electron chi connectivity index (χ4n) is 3.44. The second kappa shape index (κ2) is 7.66. The number of furan rings is 1. The molecule has 2 aromatic rings. The molecule has 1 aliphatic rings. The van der Waals surface area contributed by atoms with Gasteiger partial charge in [-0.25, -0.2) is 0 Å². The Bertz CT molecular complexity index is 579. The monoisotopic (exact) mass is 315 g/mol. The van der Waals surface area contributed by atoms with Crippen LogP contribution < -0.4 is 4.74 Å². The molecule has 0 N–H and O–H groups in total. The number of benzene rings is 1. The largest absolute Gasteiger partial charge is 0.497 e. The highest BCUT2D eigenvalue weighted by Crippen LogP contribution is 2.25. The Morgan fingerprint density at radius 2 is 1.96 bits per heavy atom. The number of methoxy groups -OCH3 is 2. The highest BCUT2D eigenvalue weighted by molar-refractivity contribution is 5.27. The van der Waals surface area contributed by atoms with Crippen molar-refractivity contribution in [3.8, 4) is 5.75 Å². The summed E-state index contributed by atoms with van der Waals surface area (Å²) in [7, 11) is 3.53. The Balaban J connectivity index is 1.63. The highest BCUT2D eigenvalue weighted by atomic mass is 16.5. The van der Waals surface area contributed by atoms with Gasteiger partial charge in [0, 0.05) is 38.2 Å². The molecule has 4 heteroatoms. The zero-order valence-corrected chi connectivity index (χ0v) is 13.9. The number of nitrogens with zero attached hydrogens (tertiary/aromatic N) is 1. The van der Waals surface area contributed by atoms with Crippen LogP contribution >= 0.6 is 0 Å². The van der Waals surface area contributed by atoms with Crippen molar-refractivity contribution in [2.24, 2.45) is 5.92 Å². The first-order valence-corrected chi connectivity index (χ1v) is 8.17. The van der Waals surface area contributed by atoms with Gasteiger partial charge in [0.2, 0.25) is 0 Å². The third-order valence-corrected chi connectivity index (χ3v) is 4.69. The van der Waals surface area contributed by atoms with Gasteiger partial charge in [-0.1, -0.05) is 12.1 Å². The third-order valence-electron chi connectivity index (χ3n) is 4.69. The van der Waals surface area contributed by atoms with Crippen LogP contribution in [-0.4, -0.2) is 38.3 Å². The van der Waals surface area contributed by atoms with Crippen molar-refractivity contribution >= 4 is 0 Å². The molecule has 0 aliphatic carbocycles. The van der Waals surface area contributed by atoms with E-state index in [1.165, 1.54) is 11.1 Å². The maximum atomic E-state index is 5.73. The van der Waals surface area contributed by atoms with Crippen LogP contribution in [-0.2, 0) is 17.7 Å². The maximum absolute atomic E-state index is 5.73. The first-order chi connectivity index (χ1) is 11.3. The van der Waals surface area contributed by atoms with Gasteiger partial charge in [0.15, 0.2) is 0 Å². The summed E-state index contributed by atoms with van der Waals surface area (Å²) in [6.07, 6.45) is 6.02. The minimum Gasteiger partial charge on any atom is -0.497 e. The predicted molar refractivity (Wildman–Crippen MR) is 89.6 cm³/mol. The summed E-state index contributed by atoms with van der Waals surface area (Å²) in [5.41, 5.74) is 2.58. The van der Waals surface area contributed by atoms with Gasteiger partial charge >= 0.3 is 0 Å². The van der Waals surface area contributed by atoms with E-state index in [1.807, 2.05) is 31.6 Å². The van der Waals surface area contributed by atoms with Crippen molar-refractivity contribution in [3.05, 3.63) is 54.0 Å².